The van der Waals surface area contributed by atoms with E-state index in [1.54, 1.807) is 24.3 Å². The Kier molecular flexibility index (Phi) is 9.64. The summed E-state index contributed by atoms with van der Waals surface area (Å²) in [4.78, 5) is 35.0. The standard InChI is InChI=1S/C20H32N3O5P/c1-29(26,27)28-15-7-3-2-6-14-21-19(24)16-10-12-18(13-11-16)23-20(25)22-17-8-4-5-9-17/h10-13,17H,2-9,14-15H2,1H3,(H,21,24)(H,26,27)(H2,22,23,25)/p-1. The number of anilines is 1. The number of amides is 3. The molecule has 1 aliphatic carbocycles. The van der Waals surface area contributed by atoms with Gasteiger partial charge in [0.2, 0.25) is 0 Å². The number of carbonyl (C=O) groups is 2. The Morgan fingerprint density at radius 1 is 1.10 bits per heavy atom. The van der Waals surface area contributed by atoms with E-state index in [4.69, 9.17) is 4.52 Å². The summed E-state index contributed by atoms with van der Waals surface area (Å²) < 4.78 is 15.6. The summed E-state index contributed by atoms with van der Waals surface area (Å²) in [5.74, 6) is -0.159. The third-order valence-corrected chi connectivity index (χ3v) is 5.43. The molecule has 1 atom stereocenters. The zero-order valence-corrected chi connectivity index (χ0v) is 17.8. The van der Waals surface area contributed by atoms with Crippen LogP contribution in [0, 0.1) is 0 Å². The van der Waals surface area contributed by atoms with Gasteiger partial charge in [0.15, 0.2) is 0 Å². The number of rotatable bonds is 11. The van der Waals surface area contributed by atoms with Gasteiger partial charge in [-0.1, -0.05) is 25.7 Å². The lowest BCUT2D eigenvalue weighted by atomic mass is 10.1. The molecule has 0 radical (unpaired) electrons. The molecule has 2 rings (SSSR count). The van der Waals surface area contributed by atoms with Gasteiger partial charge >= 0.3 is 6.03 Å². The minimum Gasteiger partial charge on any atom is -0.779 e. The molecule has 0 aromatic heterocycles. The smallest absolute Gasteiger partial charge is 0.319 e. The highest BCUT2D eigenvalue weighted by Gasteiger charge is 2.17. The molecule has 3 amide bonds. The minimum atomic E-state index is -3.63. The fourth-order valence-corrected chi connectivity index (χ4v) is 3.70. The quantitative estimate of drug-likeness (QED) is 0.372. The second-order valence-electron chi connectivity index (χ2n) is 7.43. The van der Waals surface area contributed by atoms with Gasteiger partial charge in [-0.05, 0) is 49.9 Å². The highest BCUT2D eigenvalue weighted by molar-refractivity contribution is 7.50. The van der Waals surface area contributed by atoms with Gasteiger partial charge in [0.1, 0.15) is 7.60 Å². The van der Waals surface area contributed by atoms with Crippen molar-refractivity contribution >= 4 is 25.2 Å². The van der Waals surface area contributed by atoms with E-state index in [-0.39, 0.29) is 24.6 Å². The van der Waals surface area contributed by atoms with Crippen LogP contribution in [0.15, 0.2) is 24.3 Å². The van der Waals surface area contributed by atoms with Crippen molar-refractivity contribution in [1.29, 1.82) is 0 Å². The average Bonchev–Trinajstić information content (AvgIpc) is 3.16. The van der Waals surface area contributed by atoms with E-state index in [0.29, 0.717) is 24.2 Å². The van der Waals surface area contributed by atoms with E-state index in [9.17, 15) is 19.0 Å². The van der Waals surface area contributed by atoms with Gasteiger partial charge < -0.3 is 29.9 Å². The molecule has 1 aliphatic rings. The molecule has 9 heteroatoms. The number of hydrogen-bond donors (Lipinski definition) is 3. The Balaban J connectivity index is 1.59. The molecule has 162 valence electrons. The van der Waals surface area contributed by atoms with Crippen LogP contribution in [0.5, 0.6) is 0 Å². The van der Waals surface area contributed by atoms with Crippen LogP contribution in [-0.4, -0.2) is 37.8 Å². The molecular formula is C20H31N3O5P-. The molecule has 1 aromatic carbocycles. The molecule has 1 unspecified atom stereocenters. The van der Waals surface area contributed by atoms with Gasteiger partial charge in [0.05, 0.1) is 6.61 Å². The van der Waals surface area contributed by atoms with Crippen molar-refractivity contribution in [1.82, 2.24) is 10.6 Å². The topological polar surface area (TPSA) is 120 Å². The monoisotopic (exact) mass is 424 g/mol. The molecule has 8 nitrogen and oxygen atoms in total. The number of urea groups is 1. The predicted octanol–water partition coefficient (Wildman–Crippen LogP) is 3.24. The van der Waals surface area contributed by atoms with E-state index in [1.807, 2.05) is 0 Å². The summed E-state index contributed by atoms with van der Waals surface area (Å²) in [6.07, 6.45) is 7.60. The van der Waals surface area contributed by atoms with Crippen molar-refractivity contribution in [3.63, 3.8) is 0 Å². The molecule has 0 saturated heterocycles. The van der Waals surface area contributed by atoms with Gasteiger partial charge in [-0.25, -0.2) is 4.79 Å². The Morgan fingerprint density at radius 2 is 1.76 bits per heavy atom. The summed E-state index contributed by atoms with van der Waals surface area (Å²) in [5.41, 5.74) is 1.18. The molecule has 1 aromatic rings. The number of nitrogens with one attached hydrogen (secondary N) is 3. The molecule has 0 bridgehead atoms. The maximum Gasteiger partial charge on any atom is 0.319 e. The van der Waals surface area contributed by atoms with Gasteiger partial charge in [-0.2, -0.15) is 0 Å². The maximum atomic E-state index is 12.2. The first-order chi connectivity index (χ1) is 13.8. The normalized spacial score (nSPS) is 16.2. The van der Waals surface area contributed by atoms with E-state index in [0.717, 1.165) is 51.6 Å². The largest absolute Gasteiger partial charge is 0.779 e. The van der Waals surface area contributed by atoms with Crippen molar-refractivity contribution in [3.05, 3.63) is 29.8 Å². The second-order valence-corrected chi connectivity index (χ2v) is 9.23. The van der Waals surface area contributed by atoms with Crippen LogP contribution < -0.4 is 20.8 Å². The number of carbonyl (C=O) groups excluding carboxylic acids is 2. The van der Waals surface area contributed by atoms with Gasteiger partial charge in [0.25, 0.3) is 5.91 Å². The van der Waals surface area contributed by atoms with Crippen LogP contribution in [0.25, 0.3) is 0 Å². The van der Waals surface area contributed by atoms with Gasteiger partial charge in [0, 0.05) is 30.5 Å². The Bertz CT molecular complexity index is 699. The lowest BCUT2D eigenvalue weighted by Crippen LogP contribution is -2.36. The van der Waals surface area contributed by atoms with Crippen LogP contribution in [-0.2, 0) is 9.09 Å². The Labute approximate surface area is 172 Å². The lowest BCUT2D eigenvalue weighted by Gasteiger charge is -2.17. The number of hydrogen-bond acceptors (Lipinski definition) is 5. The molecule has 1 saturated carbocycles. The summed E-state index contributed by atoms with van der Waals surface area (Å²) in [5, 5.41) is 8.61. The van der Waals surface area contributed by atoms with Crippen molar-refractivity contribution in [2.24, 2.45) is 0 Å². The number of unbranched alkanes of at least 4 members (excludes halogenated alkanes) is 3. The zero-order chi connectivity index (χ0) is 21.1. The highest BCUT2D eigenvalue weighted by Crippen LogP contribution is 2.31. The SMILES string of the molecule is CP(=O)([O-])OCCCCCCNC(=O)c1ccc(NC(=O)NC2CCCC2)cc1. The lowest BCUT2D eigenvalue weighted by molar-refractivity contribution is -0.196. The van der Waals surface area contributed by atoms with Crippen LogP contribution in [0.1, 0.15) is 61.7 Å². The van der Waals surface area contributed by atoms with Crippen LogP contribution in [0.3, 0.4) is 0 Å². The van der Waals surface area contributed by atoms with E-state index in [2.05, 4.69) is 16.0 Å². The van der Waals surface area contributed by atoms with Crippen LogP contribution in [0.4, 0.5) is 10.5 Å². The Hall–Kier alpha value is -1.89. The number of benzene rings is 1. The van der Waals surface area contributed by atoms with Crippen molar-refractivity contribution in [3.8, 4) is 0 Å². The molecule has 1 fully saturated rings. The molecule has 0 heterocycles. The third-order valence-electron chi connectivity index (χ3n) is 4.78. The van der Waals surface area contributed by atoms with Crippen molar-refractivity contribution in [2.75, 3.05) is 25.1 Å². The summed E-state index contributed by atoms with van der Waals surface area (Å²) in [6.45, 7) is 1.83. The average molecular weight is 424 g/mol. The molecular weight excluding hydrogens is 393 g/mol. The molecule has 29 heavy (non-hydrogen) atoms. The second kappa shape index (κ2) is 12.0. The highest BCUT2D eigenvalue weighted by atomic mass is 31.2. The van der Waals surface area contributed by atoms with E-state index < -0.39 is 7.60 Å². The first kappa shape index (κ1) is 23.4. The summed E-state index contributed by atoms with van der Waals surface area (Å²) in [6, 6.07) is 6.84. The minimum absolute atomic E-state index is 0.159. The van der Waals surface area contributed by atoms with Crippen LogP contribution in [0.2, 0.25) is 0 Å². The third kappa shape index (κ3) is 9.92. The maximum absolute atomic E-state index is 12.2. The summed E-state index contributed by atoms with van der Waals surface area (Å²) in [7, 11) is -3.63. The molecule has 3 N–H and O–H groups in total. The predicted molar refractivity (Wildman–Crippen MR) is 111 cm³/mol. The summed E-state index contributed by atoms with van der Waals surface area (Å²) >= 11 is 0. The molecule has 0 aliphatic heterocycles. The molecule has 0 spiro atoms. The van der Waals surface area contributed by atoms with E-state index in [1.165, 1.54) is 0 Å². The van der Waals surface area contributed by atoms with Crippen LogP contribution >= 0.6 is 7.60 Å². The zero-order valence-electron chi connectivity index (χ0n) is 16.9. The first-order valence-corrected chi connectivity index (χ1v) is 12.2. The van der Waals surface area contributed by atoms with Gasteiger partial charge in [-0.15, -0.1) is 0 Å². The first-order valence-electron chi connectivity index (χ1n) is 10.2. The van der Waals surface area contributed by atoms with Crippen molar-refractivity contribution in [2.45, 2.75) is 57.4 Å². The van der Waals surface area contributed by atoms with Crippen molar-refractivity contribution < 1.29 is 23.6 Å². The van der Waals surface area contributed by atoms with Gasteiger partial charge in [-0.3, -0.25) is 4.79 Å². The van der Waals surface area contributed by atoms with E-state index >= 15 is 0 Å². The fraction of sp³-hybridized carbons (Fsp3) is 0.600. The fourth-order valence-electron chi connectivity index (χ4n) is 3.24. The Morgan fingerprint density at radius 3 is 2.41 bits per heavy atom.